The first-order valence-electron chi connectivity index (χ1n) is 10.5. The van der Waals surface area contributed by atoms with Crippen molar-refractivity contribution in [2.75, 3.05) is 7.11 Å². The van der Waals surface area contributed by atoms with Crippen molar-refractivity contribution < 1.29 is 14.3 Å². The number of rotatable bonds is 7. The summed E-state index contributed by atoms with van der Waals surface area (Å²) in [6.45, 7) is 6.10. The minimum Gasteiger partial charge on any atom is -0.496 e. The smallest absolute Gasteiger partial charge is 0.197 e. The Balaban J connectivity index is 1.88. The molecule has 0 aliphatic carbocycles. The highest BCUT2D eigenvalue weighted by Gasteiger charge is 2.24. The molecule has 0 spiro atoms. The minimum atomic E-state index is -0.113. The van der Waals surface area contributed by atoms with Crippen molar-refractivity contribution >= 4 is 49.6 Å². The van der Waals surface area contributed by atoms with Gasteiger partial charge in [0, 0.05) is 27.4 Å². The number of carbonyl (C=O) groups is 1. The first-order valence-corrected chi connectivity index (χ1v) is 12.1. The summed E-state index contributed by atoms with van der Waals surface area (Å²) in [7, 11) is 1.62. The zero-order valence-corrected chi connectivity index (χ0v) is 22.0. The Morgan fingerprint density at radius 2 is 1.70 bits per heavy atom. The van der Waals surface area contributed by atoms with E-state index in [0.29, 0.717) is 28.4 Å². The van der Waals surface area contributed by atoms with Gasteiger partial charge in [-0.1, -0.05) is 54.0 Å². The molecule has 0 saturated carbocycles. The number of carbonyl (C=O) groups excluding carboxylic acids is 1. The normalized spacial score (nSPS) is 12.7. The van der Waals surface area contributed by atoms with Crippen molar-refractivity contribution in [1.29, 1.82) is 0 Å². The highest BCUT2D eigenvalue weighted by molar-refractivity contribution is 9.12. The molecule has 4 nitrogen and oxygen atoms in total. The Labute approximate surface area is 210 Å². The van der Waals surface area contributed by atoms with E-state index >= 15 is 0 Å². The third kappa shape index (κ3) is 4.68. The lowest BCUT2D eigenvalue weighted by atomic mass is 9.94. The van der Waals surface area contributed by atoms with Crippen molar-refractivity contribution in [1.82, 2.24) is 0 Å². The van der Waals surface area contributed by atoms with Crippen LogP contribution in [0.3, 0.4) is 0 Å². The Morgan fingerprint density at radius 1 is 0.939 bits per heavy atom. The Bertz CT molecular complexity index is 1310. The molecule has 0 saturated heterocycles. The summed E-state index contributed by atoms with van der Waals surface area (Å²) >= 11 is 7.06. The molecule has 3 aromatic rings. The molecule has 1 aliphatic rings. The third-order valence-corrected chi connectivity index (χ3v) is 6.61. The topological polar surface area (TPSA) is 47.9 Å². The number of allylic oxidation sites excluding steroid dienone is 1. The van der Waals surface area contributed by atoms with E-state index in [1.807, 2.05) is 55.5 Å². The van der Waals surface area contributed by atoms with Gasteiger partial charge in [0.1, 0.15) is 17.2 Å². The monoisotopic (exact) mass is 567 g/mol. The maximum atomic E-state index is 13.6. The van der Waals surface area contributed by atoms with Gasteiger partial charge in [-0.2, -0.15) is 0 Å². The van der Waals surface area contributed by atoms with Gasteiger partial charge in [-0.15, -0.1) is 0 Å². The number of ketones is 1. The van der Waals surface area contributed by atoms with Crippen LogP contribution in [0.15, 0.2) is 68.5 Å². The minimum absolute atomic E-state index is 0.113. The molecule has 1 aliphatic heterocycles. The molecule has 3 aromatic carbocycles. The van der Waals surface area contributed by atoms with Gasteiger partial charge in [0.05, 0.1) is 22.9 Å². The Hall–Kier alpha value is -2.70. The molecular formula is C27H23Br2NO3. The van der Waals surface area contributed by atoms with Crippen LogP contribution in [0.5, 0.6) is 17.2 Å². The lowest BCUT2D eigenvalue weighted by Gasteiger charge is -2.20. The van der Waals surface area contributed by atoms with Crippen molar-refractivity contribution in [3.63, 3.8) is 0 Å². The highest BCUT2D eigenvalue weighted by atomic mass is 79.9. The molecule has 0 N–H and O–H groups in total. The number of aryl methyl sites for hydroxylation is 1. The van der Waals surface area contributed by atoms with Gasteiger partial charge in [-0.05, 0) is 64.7 Å². The number of ether oxygens (including phenoxy) is 2. The van der Waals surface area contributed by atoms with Gasteiger partial charge >= 0.3 is 0 Å². The molecule has 0 atom stereocenters. The van der Waals surface area contributed by atoms with Crippen LogP contribution in [-0.2, 0) is 0 Å². The standard InChI is InChI=1S/C27H23Br2NO3/c1-15(2)19-12-25(33-23-10-9-17(28)11-20(23)26-22(29)14-30-26)21(13-24(19)32-4)27(31)18-8-6-5-7-16(18)3/h5-15H,1-4H3. The molecule has 168 valence electrons. The molecular weight excluding hydrogens is 546 g/mol. The van der Waals surface area contributed by atoms with E-state index in [2.05, 4.69) is 50.7 Å². The second kappa shape index (κ2) is 9.65. The summed E-state index contributed by atoms with van der Waals surface area (Å²) in [5.41, 5.74) is 4.58. The number of nitrogens with zero attached hydrogens (tertiary/aromatic N) is 1. The first kappa shape index (κ1) is 23.5. The molecule has 33 heavy (non-hydrogen) atoms. The summed E-state index contributed by atoms with van der Waals surface area (Å²) < 4.78 is 13.9. The van der Waals surface area contributed by atoms with Crippen molar-refractivity contribution in [2.24, 2.45) is 4.99 Å². The van der Waals surface area contributed by atoms with Crippen LogP contribution >= 0.6 is 31.9 Å². The number of methoxy groups -OCH3 is 1. The maximum absolute atomic E-state index is 13.6. The molecule has 0 unspecified atom stereocenters. The van der Waals surface area contributed by atoms with E-state index in [1.165, 1.54) is 0 Å². The lowest BCUT2D eigenvalue weighted by Crippen LogP contribution is -2.08. The van der Waals surface area contributed by atoms with E-state index in [-0.39, 0.29) is 11.7 Å². The summed E-state index contributed by atoms with van der Waals surface area (Å²) in [5.74, 6) is 1.83. The highest BCUT2D eigenvalue weighted by Crippen LogP contribution is 2.42. The van der Waals surface area contributed by atoms with Crippen LogP contribution < -0.4 is 9.47 Å². The van der Waals surface area contributed by atoms with Crippen LogP contribution in [0.25, 0.3) is 5.70 Å². The van der Waals surface area contributed by atoms with E-state index in [0.717, 1.165) is 31.3 Å². The van der Waals surface area contributed by atoms with E-state index in [1.54, 1.807) is 19.4 Å². The molecule has 0 aromatic heterocycles. The summed E-state index contributed by atoms with van der Waals surface area (Å²) in [5, 5.41) is 0. The summed E-state index contributed by atoms with van der Waals surface area (Å²) in [6, 6.07) is 17.0. The number of halogens is 2. The number of aliphatic imine (C=N–C) groups is 1. The van der Waals surface area contributed by atoms with Crippen molar-refractivity contribution in [3.8, 4) is 17.2 Å². The number of hydrogen-bond acceptors (Lipinski definition) is 4. The number of benzene rings is 3. The van der Waals surface area contributed by atoms with Gasteiger partial charge in [0.2, 0.25) is 0 Å². The van der Waals surface area contributed by atoms with Crippen LogP contribution in [0.4, 0.5) is 0 Å². The second-order valence-corrected chi connectivity index (χ2v) is 9.86. The fourth-order valence-corrected chi connectivity index (χ4v) is 4.49. The Morgan fingerprint density at radius 3 is 2.30 bits per heavy atom. The molecule has 6 heteroatoms. The predicted molar refractivity (Wildman–Crippen MR) is 140 cm³/mol. The zero-order valence-electron chi connectivity index (χ0n) is 18.8. The van der Waals surface area contributed by atoms with Gasteiger partial charge < -0.3 is 9.47 Å². The third-order valence-electron chi connectivity index (χ3n) is 5.54. The maximum Gasteiger partial charge on any atom is 0.197 e. The zero-order chi connectivity index (χ0) is 23.7. The molecule has 4 rings (SSSR count). The summed E-state index contributed by atoms with van der Waals surface area (Å²) in [6.07, 6.45) is 1.75. The quantitative estimate of drug-likeness (QED) is 0.271. The van der Waals surface area contributed by atoms with Crippen LogP contribution in [0, 0.1) is 6.92 Å². The predicted octanol–water partition coefficient (Wildman–Crippen LogP) is 8.06. The molecule has 1 heterocycles. The van der Waals surface area contributed by atoms with Gasteiger partial charge in [-0.25, -0.2) is 0 Å². The van der Waals surface area contributed by atoms with Crippen LogP contribution in [0.2, 0.25) is 0 Å². The lowest BCUT2D eigenvalue weighted by molar-refractivity contribution is 0.103. The van der Waals surface area contributed by atoms with Crippen molar-refractivity contribution in [2.45, 2.75) is 26.7 Å². The van der Waals surface area contributed by atoms with Gasteiger partial charge in [0.25, 0.3) is 0 Å². The average molecular weight is 569 g/mol. The van der Waals surface area contributed by atoms with Gasteiger partial charge in [-0.3, -0.25) is 9.79 Å². The average Bonchev–Trinajstić information content (AvgIpc) is 2.79. The SMILES string of the molecule is COc1cc(C(=O)c2ccccc2C)c(Oc2ccc(Br)cc2C2=C(Br)C=N2)cc1C(C)C. The largest absolute Gasteiger partial charge is 0.496 e. The Kier molecular flexibility index (Phi) is 6.86. The van der Waals surface area contributed by atoms with Crippen LogP contribution in [0.1, 0.15) is 52.4 Å². The summed E-state index contributed by atoms with van der Waals surface area (Å²) in [4.78, 5) is 18.0. The van der Waals surface area contributed by atoms with Crippen LogP contribution in [-0.4, -0.2) is 19.1 Å². The van der Waals surface area contributed by atoms with E-state index in [4.69, 9.17) is 9.47 Å². The van der Waals surface area contributed by atoms with E-state index < -0.39 is 0 Å². The fraction of sp³-hybridized carbons (Fsp3) is 0.185. The molecule has 0 bridgehead atoms. The molecule has 0 radical (unpaired) electrons. The molecule has 0 fully saturated rings. The second-order valence-electron chi connectivity index (χ2n) is 8.09. The number of hydrogen-bond donors (Lipinski definition) is 0. The fourth-order valence-electron chi connectivity index (χ4n) is 3.71. The van der Waals surface area contributed by atoms with E-state index in [9.17, 15) is 4.79 Å². The molecule has 0 amide bonds. The van der Waals surface area contributed by atoms with Crippen molar-refractivity contribution in [3.05, 3.63) is 91.4 Å². The van der Waals surface area contributed by atoms with Gasteiger partial charge in [0.15, 0.2) is 5.78 Å². The first-order chi connectivity index (χ1) is 15.8.